The van der Waals surface area contributed by atoms with Crippen LogP contribution in [0.2, 0.25) is 5.02 Å². The number of hydrogen-bond acceptors (Lipinski definition) is 3. The number of carbonyl (C=O) groups excluding carboxylic acids is 2. The lowest BCUT2D eigenvalue weighted by molar-refractivity contribution is -0.117. The fourth-order valence-electron chi connectivity index (χ4n) is 2.08. The van der Waals surface area contributed by atoms with Crippen LogP contribution in [0.1, 0.15) is 13.3 Å². The van der Waals surface area contributed by atoms with E-state index in [4.69, 9.17) is 11.6 Å². The summed E-state index contributed by atoms with van der Waals surface area (Å²) < 4.78 is 26.3. The van der Waals surface area contributed by atoms with Gasteiger partial charge in [0.15, 0.2) is 16.7 Å². The van der Waals surface area contributed by atoms with Gasteiger partial charge in [-0.25, -0.2) is 8.78 Å². The van der Waals surface area contributed by atoms with Gasteiger partial charge in [0.1, 0.15) is 0 Å². The first-order chi connectivity index (χ1) is 9.38. The van der Waals surface area contributed by atoms with Crippen molar-refractivity contribution in [3.63, 3.8) is 0 Å². The minimum absolute atomic E-state index is 0.000538. The van der Waals surface area contributed by atoms with Gasteiger partial charge in [-0.3, -0.25) is 9.59 Å². The zero-order valence-electron chi connectivity index (χ0n) is 10.7. The molecule has 0 aromatic heterocycles. The average molecular weight is 320 g/mol. The van der Waals surface area contributed by atoms with Crippen molar-refractivity contribution < 1.29 is 18.4 Å². The summed E-state index contributed by atoms with van der Waals surface area (Å²) in [6.07, 6.45) is 0.273. The number of anilines is 1. The Bertz CT molecular complexity index is 568. The van der Waals surface area contributed by atoms with Crippen LogP contribution in [0.5, 0.6) is 0 Å². The quantitative estimate of drug-likeness (QED) is 0.803. The van der Waals surface area contributed by atoms with Crippen molar-refractivity contribution in [2.75, 3.05) is 17.2 Å². The maximum Gasteiger partial charge on any atom is 0.227 e. The highest BCUT2D eigenvalue weighted by Gasteiger charge is 2.32. The Morgan fingerprint density at radius 3 is 2.75 bits per heavy atom. The second-order valence-electron chi connectivity index (χ2n) is 4.59. The fourth-order valence-corrected chi connectivity index (χ4v) is 3.03. The molecular weight excluding hydrogens is 308 g/mol. The lowest BCUT2D eigenvalue weighted by Gasteiger charge is -2.18. The number of benzene rings is 1. The molecule has 1 saturated heterocycles. The van der Waals surface area contributed by atoms with E-state index in [1.807, 2.05) is 0 Å². The summed E-state index contributed by atoms with van der Waals surface area (Å²) in [6, 6.07) is 1.78. The molecule has 2 rings (SSSR count). The fraction of sp³-hybridized carbons (Fsp3) is 0.385. The van der Waals surface area contributed by atoms with E-state index in [0.29, 0.717) is 12.3 Å². The molecule has 1 aromatic carbocycles. The molecule has 0 spiro atoms. The van der Waals surface area contributed by atoms with Crippen molar-refractivity contribution in [1.82, 2.24) is 0 Å². The van der Waals surface area contributed by atoms with Crippen molar-refractivity contribution in [3.8, 4) is 0 Å². The van der Waals surface area contributed by atoms with Gasteiger partial charge in [-0.1, -0.05) is 23.4 Å². The third-order valence-corrected chi connectivity index (χ3v) is 4.36. The Labute approximate surface area is 124 Å². The lowest BCUT2D eigenvalue weighted by Crippen LogP contribution is -2.25. The summed E-state index contributed by atoms with van der Waals surface area (Å²) in [5.74, 6) is -1.76. The maximum atomic E-state index is 13.3. The van der Waals surface area contributed by atoms with Crippen LogP contribution in [0.4, 0.5) is 14.5 Å². The molecule has 0 bridgehead atoms. The van der Waals surface area contributed by atoms with Gasteiger partial charge in [0.2, 0.25) is 5.91 Å². The monoisotopic (exact) mass is 319 g/mol. The summed E-state index contributed by atoms with van der Waals surface area (Å²) in [4.78, 5) is 24.2. The number of carbonyl (C=O) groups is 2. The van der Waals surface area contributed by atoms with Gasteiger partial charge in [0, 0.05) is 31.7 Å². The summed E-state index contributed by atoms with van der Waals surface area (Å²) in [5.41, 5.74) is 0.172. The third-order valence-electron chi connectivity index (χ3n) is 3.01. The molecule has 1 unspecified atom stereocenters. The van der Waals surface area contributed by atoms with Crippen LogP contribution >= 0.6 is 23.4 Å². The summed E-state index contributed by atoms with van der Waals surface area (Å²) in [7, 11) is 0. The molecule has 1 aliphatic rings. The zero-order valence-corrected chi connectivity index (χ0v) is 12.2. The zero-order chi connectivity index (χ0) is 14.9. The second kappa shape index (κ2) is 6.10. The van der Waals surface area contributed by atoms with Gasteiger partial charge in [0.25, 0.3) is 0 Å². The molecule has 7 heteroatoms. The molecule has 0 N–H and O–H groups in total. The van der Waals surface area contributed by atoms with Gasteiger partial charge in [-0.15, -0.1) is 0 Å². The van der Waals surface area contributed by atoms with Gasteiger partial charge >= 0.3 is 0 Å². The smallest absolute Gasteiger partial charge is 0.227 e. The third kappa shape index (κ3) is 3.30. The average Bonchev–Trinajstić information content (AvgIpc) is 2.72. The highest BCUT2D eigenvalue weighted by atomic mass is 35.5. The van der Waals surface area contributed by atoms with Crippen LogP contribution in [-0.4, -0.2) is 23.3 Å². The van der Waals surface area contributed by atoms with Crippen molar-refractivity contribution in [2.45, 2.75) is 13.3 Å². The summed E-state index contributed by atoms with van der Waals surface area (Å²) >= 11 is 7.01. The molecule has 0 radical (unpaired) electrons. The van der Waals surface area contributed by atoms with Crippen LogP contribution in [0, 0.1) is 17.6 Å². The van der Waals surface area contributed by atoms with E-state index in [2.05, 4.69) is 0 Å². The van der Waals surface area contributed by atoms with Gasteiger partial charge in [0.05, 0.1) is 10.7 Å². The molecule has 1 amide bonds. The molecule has 0 aliphatic carbocycles. The Morgan fingerprint density at radius 2 is 2.10 bits per heavy atom. The highest BCUT2D eigenvalue weighted by Crippen LogP contribution is 2.33. The number of hydrogen-bond donors (Lipinski definition) is 0. The van der Waals surface area contributed by atoms with Crippen LogP contribution in [0.3, 0.4) is 0 Å². The summed E-state index contributed by atoms with van der Waals surface area (Å²) in [6.45, 7) is 1.81. The summed E-state index contributed by atoms with van der Waals surface area (Å²) in [5, 5.41) is -0.0149. The predicted octanol–water partition coefficient (Wildman–Crippen LogP) is 3.25. The first-order valence-electron chi connectivity index (χ1n) is 5.96. The number of halogens is 3. The van der Waals surface area contributed by atoms with Gasteiger partial charge < -0.3 is 4.90 Å². The first-order valence-corrected chi connectivity index (χ1v) is 7.33. The molecular formula is C13H12ClF2NO2S. The molecule has 1 atom stereocenters. The SMILES string of the molecule is CC(=O)SCC1CC(=O)N(c2cc(F)c(F)cc2Cl)C1. The molecule has 1 heterocycles. The van der Waals surface area contributed by atoms with E-state index < -0.39 is 11.6 Å². The predicted molar refractivity (Wildman–Crippen MR) is 75.0 cm³/mol. The highest BCUT2D eigenvalue weighted by molar-refractivity contribution is 8.13. The lowest BCUT2D eigenvalue weighted by atomic mass is 10.1. The van der Waals surface area contributed by atoms with Crippen LogP contribution in [0.15, 0.2) is 12.1 Å². The molecule has 108 valence electrons. The van der Waals surface area contributed by atoms with Crippen molar-refractivity contribution >= 4 is 40.1 Å². The van der Waals surface area contributed by atoms with Crippen LogP contribution in [-0.2, 0) is 9.59 Å². The minimum atomic E-state index is -1.05. The van der Waals surface area contributed by atoms with Gasteiger partial charge in [-0.2, -0.15) is 0 Å². The van der Waals surface area contributed by atoms with E-state index in [1.165, 1.54) is 11.8 Å². The molecule has 1 aromatic rings. The Kier molecular flexibility index (Phi) is 4.65. The number of amides is 1. The number of rotatable bonds is 3. The number of nitrogens with zero attached hydrogens (tertiary/aromatic N) is 1. The first kappa shape index (κ1) is 15.3. The second-order valence-corrected chi connectivity index (χ2v) is 6.20. The van der Waals surface area contributed by atoms with E-state index in [0.717, 1.165) is 23.9 Å². The van der Waals surface area contributed by atoms with E-state index in [1.54, 1.807) is 0 Å². The van der Waals surface area contributed by atoms with Crippen LogP contribution in [0.25, 0.3) is 0 Å². The van der Waals surface area contributed by atoms with Crippen molar-refractivity contribution in [3.05, 3.63) is 28.8 Å². The number of thioether (sulfide) groups is 1. The minimum Gasteiger partial charge on any atom is -0.310 e. The van der Waals surface area contributed by atoms with E-state index in [-0.39, 0.29) is 34.1 Å². The Hall–Kier alpha value is -1.14. The standard InChI is InChI=1S/C13H12ClF2NO2S/c1-7(18)20-6-8-2-13(19)17(5-8)12-4-11(16)10(15)3-9(12)14/h3-4,8H,2,5-6H2,1H3. The Morgan fingerprint density at radius 1 is 1.45 bits per heavy atom. The van der Waals surface area contributed by atoms with Crippen LogP contribution < -0.4 is 4.90 Å². The maximum absolute atomic E-state index is 13.3. The molecule has 1 fully saturated rings. The van der Waals surface area contributed by atoms with E-state index >= 15 is 0 Å². The molecule has 0 saturated carbocycles. The van der Waals surface area contributed by atoms with Crippen molar-refractivity contribution in [2.24, 2.45) is 5.92 Å². The van der Waals surface area contributed by atoms with Crippen molar-refractivity contribution in [1.29, 1.82) is 0 Å². The largest absolute Gasteiger partial charge is 0.310 e. The molecule has 20 heavy (non-hydrogen) atoms. The van der Waals surface area contributed by atoms with Gasteiger partial charge in [-0.05, 0) is 12.0 Å². The Balaban J connectivity index is 2.16. The molecule has 1 aliphatic heterocycles. The van der Waals surface area contributed by atoms with E-state index in [9.17, 15) is 18.4 Å². The topological polar surface area (TPSA) is 37.4 Å². The molecule has 3 nitrogen and oxygen atoms in total. The normalized spacial score (nSPS) is 18.7.